The summed E-state index contributed by atoms with van der Waals surface area (Å²) in [6, 6.07) is 18.2. The third-order valence-corrected chi connectivity index (χ3v) is 6.07. The standard InChI is InChI=1S/C25H27ClN4O/c1-18-2-6-20(7-3-18)23-16-24(29-17-28-23)30-14-11-21(12-15-30)25(31)27-13-10-19-4-8-22(26)9-5-19/h2-9,16-17,21H,10-15H2,1H3,(H,27,31). The zero-order valence-electron chi connectivity index (χ0n) is 17.7. The number of halogens is 1. The van der Waals surface area contributed by atoms with Crippen LogP contribution in [-0.2, 0) is 11.2 Å². The van der Waals surface area contributed by atoms with E-state index in [-0.39, 0.29) is 11.8 Å². The fourth-order valence-corrected chi connectivity index (χ4v) is 4.02. The number of hydrogen-bond donors (Lipinski definition) is 1. The number of anilines is 1. The number of amides is 1. The van der Waals surface area contributed by atoms with E-state index in [0.717, 1.165) is 54.4 Å². The Bertz CT molecular complexity index is 1010. The Morgan fingerprint density at radius 2 is 1.77 bits per heavy atom. The Morgan fingerprint density at radius 1 is 1.06 bits per heavy atom. The first-order valence-electron chi connectivity index (χ1n) is 10.7. The Morgan fingerprint density at radius 3 is 2.48 bits per heavy atom. The predicted octanol–water partition coefficient (Wildman–Crippen LogP) is 4.68. The highest BCUT2D eigenvalue weighted by atomic mass is 35.5. The average molecular weight is 435 g/mol. The van der Waals surface area contributed by atoms with Crippen LogP contribution in [0.5, 0.6) is 0 Å². The molecule has 0 saturated carbocycles. The molecular weight excluding hydrogens is 408 g/mol. The van der Waals surface area contributed by atoms with E-state index in [9.17, 15) is 4.79 Å². The summed E-state index contributed by atoms with van der Waals surface area (Å²) in [5, 5.41) is 3.82. The van der Waals surface area contributed by atoms with Gasteiger partial charge in [-0.3, -0.25) is 4.79 Å². The van der Waals surface area contributed by atoms with Crippen LogP contribution in [0.3, 0.4) is 0 Å². The second-order valence-corrected chi connectivity index (χ2v) is 8.49. The fraction of sp³-hybridized carbons (Fsp3) is 0.320. The lowest BCUT2D eigenvalue weighted by Gasteiger charge is -2.32. The maximum atomic E-state index is 12.6. The largest absolute Gasteiger partial charge is 0.356 e. The highest BCUT2D eigenvalue weighted by Gasteiger charge is 2.25. The van der Waals surface area contributed by atoms with Crippen LogP contribution in [0.4, 0.5) is 5.82 Å². The molecular formula is C25H27ClN4O. The predicted molar refractivity (Wildman–Crippen MR) is 125 cm³/mol. The summed E-state index contributed by atoms with van der Waals surface area (Å²) in [6.45, 7) is 4.36. The van der Waals surface area contributed by atoms with Crippen molar-refractivity contribution < 1.29 is 4.79 Å². The maximum absolute atomic E-state index is 12.6. The SMILES string of the molecule is Cc1ccc(-c2cc(N3CCC(C(=O)NCCc4ccc(Cl)cc4)CC3)ncn2)cc1. The van der Waals surface area contributed by atoms with Gasteiger partial charge in [-0.05, 0) is 43.9 Å². The Hall–Kier alpha value is -2.92. The fourth-order valence-electron chi connectivity index (χ4n) is 3.90. The van der Waals surface area contributed by atoms with E-state index in [1.54, 1.807) is 6.33 Å². The van der Waals surface area contributed by atoms with E-state index < -0.39 is 0 Å². The molecule has 6 heteroatoms. The molecule has 1 aliphatic heterocycles. The minimum absolute atomic E-state index is 0.0554. The zero-order valence-corrected chi connectivity index (χ0v) is 18.5. The second kappa shape index (κ2) is 9.92. The molecule has 1 aromatic heterocycles. The lowest BCUT2D eigenvalue weighted by atomic mass is 9.95. The van der Waals surface area contributed by atoms with Gasteiger partial charge in [-0.2, -0.15) is 0 Å². The van der Waals surface area contributed by atoms with Gasteiger partial charge in [0.15, 0.2) is 0 Å². The molecule has 1 amide bonds. The van der Waals surface area contributed by atoms with Crippen LogP contribution in [0.1, 0.15) is 24.0 Å². The first-order valence-corrected chi connectivity index (χ1v) is 11.1. The molecule has 2 heterocycles. The molecule has 1 aliphatic rings. The number of rotatable bonds is 6. The summed E-state index contributed by atoms with van der Waals surface area (Å²) in [4.78, 5) is 23.7. The van der Waals surface area contributed by atoms with Gasteiger partial charge < -0.3 is 10.2 Å². The Balaban J connectivity index is 1.28. The first kappa shape index (κ1) is 21.3. The molecule has 1 saturated heterocycles. The van der Waals surface area contributed by atoms with E-state index in [4.69, 9.17) is 11.6 Å². The molecule has 2 aromatic carbocycles. The molecule has 1 fully saturated rings. The number of nitrogens with one attached hydrogen (secondary N) is 1. The van der Waals surface area contributed by atoms with Crippen molar-refractivity contribution in [1.29, 1.82) is 0 Å². The van der Waals surface area contributed by atoms with Gasteiger partial charge in [-0.25, -0.2) is 9.97 Å². The molecule has 0 radical (unpaired) electrons. The van der Waals surface area contributed by atoms with Gasteiger partial charge in [0.25, 0.3) is 0 Å². The van der Waals surface area contributed by atoms with Crippen molar-refractivity contribution in [3.8, 4) is 11.3 Å². The maximum Gasteiger partial charge on any atom is 0.223 e. The molecule has 4 rings (SSSR count). The average Bonchev–Trinajstić information content (AvgIpc) is 2.81. The highest BCUT2D eigenvalue weighted by molar-refractivity contribution is 6.30. The molecule has 3 aromatic rings. The summed E-state index contributed by atoms with van der Waals surface area (Å²) in [7, 11) is 0. The van der Waals surface area contributed by atoms with E-state index >= 15 is 0 Å². The van der Waals surface area contributed by atoms with Crippen molar-refractivity contribution in [2.24, 2.45) is 5.92 Å². The number of carbonyl (C=O) groups excluding carboxylic acids is 1. The van der Waals surface area contributed by atoms with Gasteiger partial charge in [0.2, 0.25) is 5.91 Å². The normalized spacial score (nSPS) is 14.5. The molecule has 5 nitrogen and oxygen atoms in total. The third-order valence-electron chi connectivity index (χ3n) is 5.82. The van der Waals surface area contributed by atoms with Crippen LogP contribution in [0.2, 0.25) is 5.02 Å². The molecule has 0 bridgehead atoms. The minimum atomic E-state index is 0.0554. The van der Waals surface area contributed by atoms with Crippen molar-refractivity contribution in [3.63, 3.8) is 0 Å². The molecule has 0 aliphatic carbocycles. The summed E-state index contributed by atoms with van der Waals surface area (Å²) >= 11 is 5.92. The summed E-state index contributed by atoms with van der Waals surface area (Å²) in [6.07, 6.45) is 4.10. The van der Waals surface area contributed by atoms with Gasteiger partial charge in [-0.15, -0.1) is 0 Å². The number of aryl methyl sites for hydroxylation is 1. The Kier molecular flexibility index (Phi) is 6.82. The molecule has 1 N–H and O–H groups in total. The van der Waals surface area contributed by atoms with E-state index in [2.05, 4.69) is 51.4 Å². The van der Waals surface area contributed by atoms with Crippen molar-refractivity contribution >= 4 is 23.3 Å². The van der Waals surface area contributed by atoms with Crippen molar-refractivity contribution in [3.05, 3.63) is 77.1 Å². The van der Waals surface area contributed by atoms with Crippen LogP contribution in [-0.4, -0.2) is 35.5 Å². The van der Waals surface area contributed by atoms with Crippen LogP contribution < -0.4 is 10.2 Å². The van der Waals surface area contributed by atoms with Gasteiger partial charge in [0.05, 0.1) is 5.69 Å². The monoisotopic (exact) mass is 434 g/mol. The van der Waals surface area contributed by atoms with Gasteiger partial charge in [0, 0.05) is 42.2 Å². The molecule has 31 heavy (non-hydrogen) atoms. The number of nitrogens with zero attached hydrogens (tertiary/aromatic N) is 3. The number of benzene rings is 2. The first-order chi connectivity index (χ1) is 15.1. The molecule has 160 valence electrons. The Labute approximate surface area is 188 Å². The highest BCUT2D eigenvalue weighted by Crippen LogP contribution is 2.25. The van der Waals surface area contributed by atoms with E-state index in [1.165, 1.54) is 11.1 Å². The van der Waals surface area contributed by atoms with Crippen LogP contribution in [0.25, 0.3) is 11.3 Å². The zero-order chi connectivity index (χ0) is 21.6. The minimum Gasteiger partial charge on any atom is -0.356 e. The lowest BCUT2D eigenvalue weighted by Crippen LogP contribution is -2.41. The van der Waals surface area contributed by atoms with Crippen LogP contribution in [0.15, 0.2) is 60.9 Å². The smallest absolute Gasteiger partial charge is 0.223 e. The van der Waals surface area contributed by atoms with Crippen molar-refractivity contribution in [1.82, 2.24) is 15.3 Å². The number of carbonyl (C=O) groups is 1. The summed E-state index contributed by atoms with van der Waals surface area (Å²) in [5.41, 5.74) is 4.41. The third kappa shape index (κ3) is 5.61. The summed E-state index contributed by atoms with van der Waals surface area (Å²) < 4.78 is 0. The quantitative estimate of drug-likeness (QED) is 0.612. The number of piperidine rings is 1. The molecule has 0 spiro atoms. The topological polar surface area (TPSA) is 58.1 Å². The van der Waals surface area contributed by atoms with Crippen molar-refractivity contribution in [2.75, 3.05) is 24.5 Å². The number of aromatic nitrogens is 2. The van der Waals surface area contributed by atoms with E-state index in [0.29, 0.717) is 6.54 Å². The van der Waals surface area contributed by atoms with Gasteiger partial charge >= 0.3 is 0 Å². The van der Waals surface area contributed by atoms with Gasteiger partial charge in [-0.1, -0.05) is 53.6 Å². The van der Waals surface area contributed by atoms with Crippen molar-refractivity contribution in [2.45, 2.75) is 26.2 Å². The lowest BCUT2D eigenvalue weighted by molar-refractivity contribution is -0.125. The summed E-state index contributed by atoms with van der Waals surface area (Å²) in [5.74, 6) is 1.13. The molecule has 0 atom stereocenters. The van der Waals surface area contributed by atoms with Crippen LogP contribution in [0, 0.1) is 12.8 Å². The molecule has 0 unspecified atom stereocenters. The second-order valence-electron chi connectivity index (χ2n) is 8.06. The number of hydrogen-bond acceptors (Lipinski definition) is 4. The van der Waals surface area contributed by atoms with Crippen LogP contribution >= 0.6 is 11.6 Å². The van der Waals surface area contributed by atoms with Gasteiger partial charge in [0.1, 0.15) is 12.1 Å². The van der Waals surface area contributed by atoms with E-state index in [1.807, 2.05) is 30.3 Å².